The van der Waals surface area contributed by atoms with Crippen LogP contribution >= 0.6 is 0 Å². The Kier molecular flexibility index (Phi) is 4.30. The quantitative estimate of drug-likeness (QED) is 0.759. The Balaban J connectivity index is 1.52. The molecule has 0 saturated carbocycles. The van der Waals surface area contributed by atoms with Crippen LogP contribution in [0.25, 0.3) is 0 Å². The maximum Gasteiger partial charge on any atom is 0.315 e. The van der Waals surface area contributed by atoms with Gasteiger partial charge < -0.3 is 20.5 Å². The summed E-state index contributed by atoms with van der Waals surface area (Å²) in [6, 6.07) is 10.9. The number of hydrogen-bond acceptors (Lipinski definition) is 3. The summed E-state index contributed by atoms with van der Waals surface area (Å²) in [5.74, 6) is 0.0723. The third-order valence-corrected chi connectivity index (χ3v) is 5.23. The lowest BCUT2D eigenvalue weighted by atomic mass is 9.90. The molecule has 0 bridgehead atoms. The van der Waals surface area contributed by atoms with Crippen LogP contribution in [0.3, 0.4) is 0 Å². The lowest BCUT2D eigenvalue weighted by molar-refractivity contribution is 0.0669. The van der Waals surface area contributed by atoms with Gasteiger partial charge >= 0.3 is 6.03 Å². The molecule has 2 aromatic carbocycles. The van der Waals surface area contributed by atoms with Crippen LogP contribution in [-0.2, 0) is 6.42 Å². The van der Waals surface area contributed by atoms with Crippen LogP contribution in [0.5, 0.6) is 5.75 Å². The molecule has 1 heterocycles. The van der Waals surface area contributed by atoms with E-state index in [0.29, 0.717) is 18.6 Å². The van der Waals surface area contributed by atoms with Gasteiger partial charge in [-0.15, -0.1) is 0 Å². The number of carbonyl (C=O) groups is 1. The van der Waals surface area contributed by atoms with Gasteiger partial charge in [0.1, 0.15) is 17.2 Å². The fourth-order valence-corrected chi connectivity index (χ4v) is 4.04. The molecule has 0 fully saturated rings. The van der Waals surface area contributed by atoms with Gasteiger partial charge in [-0.3, -0.25) is 0 Å². The third-order valence-electron chi connectivity index (χ3n) is 5.23. The van der Waals surface area contributed by atoms with Crippen molar-refractivity contribution in [1.82, 2.24) is 10.6 Å². The molecule has 27 heavy (non-hydrogen) atoms. The number of benzene rings is 2. The van der Waals surface area contributed by atoms with Gasteiger partial charge in [-0.2, -0.15) is 0 Å². The van der Waals surface area contributed by atoms with Crippen LogP contribution in [0.2, 0.25) is 0 Å². The number of ether oxygens (including phenoxy) is 1. The molecule has 2 amide bonds. The molecule has 1 aliphatic carbocycles. The lowest BCUT2D eigenvalue weighted by Crippen LogP contribution is -2.46. The van der Waals surface area contributed by atoms with Crippen LogP contribution in [0, 0.1) is 5.82 Å². The zero-order valence-corrected chi connectivity index (χ0v) is 15.3. The monoisotopic (exact) mass is 370 g/mol. The Labute approximate surface area is 157 Å². The van der Waals surface area contributed by atoms with E-state index in [1.807, 2.05) is 38.1 Å². The van der Waals surface area contributed by atoms with Gasteiger partial charge in [0.2, 0.25) is 0 Å². The van der Waals surface area contributed by atoms with Crippen LogP contribution < -0.4 is 15.4 Å². The van der Waals surface area contributed by atoms with Crippen molar-refractivity contribution in [3.8, 4) is 5.75 Å². The number of fused-ring (bicyclic) bond motifs is 2. The number of halogens is 1. The number of urea groups is 1. The van der Waals surface area contributed by atoms with Crippen LogP contribution in [0.4, 0.5) is 9.18 Å². The molecular formula is C21H23FN2O3. The van der Waals surface area contributed by atoms with Crippen LogP contribution in [0.1, 0.15) is 49.0 Å². The Morgan fingerprint density at radius 3 is 2.78 bits per heavy atom. The minimum Gasteiger partial charge on any atom is -0.487 e. The molecule has 3 N–H and O–H groups in total. The van der Waals surface area contributed by atoms with Gasteiger partial charge in [-0.25, -0.2) is 9.18 Å². The van der Waals surface area contributed by atoms with Crippen LogP contribution in [0.15, 0.2) is 42.5 Å². The molecule has 5 nitrogen and oxygen atoms in total. The summed E-state index contributed by atoms with van der Waals surface area (Å²) in [5, 5.41) is 16.2. The molecule has 2 aromatic rings. The molecule has 2 aliphatic rings. The molecule has 0 aromatic heterocycles. The van der Waals surface area contributed by atoms with Gasteiger partial charge in [-0.05, 0) is 31.0 Å². The highest BCUT2D eigenvalue weighted by Crippen LogP contribution is 2.40. The standard InChI is InChI=1S/C21H23FN2O3/c1-21(2)11-16(15-8-7-13(22)10-18(15)27-21)23-20(26)24-19-14-6-4-3-5-12(14)9-17(19)25/h3-8,10,16-17,19,25H,9,11H2,1-2H3,(H2,23,24,26)/t16?,17-,19+/m1/s1. The van der Waals surface area contributed by atoms with Crippen molar-refractivity contribution in [3.63, 3.8) is 0 Å². The highest BCUT2D eigenvalue weighted by atomic mass is 19.1. The summed E-state index contributed by atoms with van der Waals surface area (Å²) in [4.78, 5) is 12.7. The van der Waals surface area contributed by atoms with Gasteiger partial charge in [0, 0.05) is 24.5 Å². The molecule has 3 atom stereocenters. The van der Waals surface area contributed by atoms with E-state index in [1.165, 1.54) is 12.1 Å². The number of carbonyl (C=O) groups excluding carboxylic acids is 1. The van der Waals surface area contributed by atoms with Crippen molar-refractivity contribution in [2.45, 2.75) is 50.5 Å². The van der Waals surface area contributed by atoms with E-state index in [0.717, 1.165) is 16.7 Å². The van der Waals surface area contributed by atoms with E-state index in [4.69, 9.17) is 4.74 Å². The van der Waals surface area contributed by atoms with Gasteiger partial charge in [0.05, 0.1) is 18.2 Å². The van der Waals surface area contributed by atoms with Crippen molar-refractivity contribution >= 4 is 6.03 Å². The number of amides is 2. The Hall–Kier alpha value is -2.60. The zero-order chi connectivity index (χ0) is 19.2. The molecule has 1 aliphatic heterocycles. The smallest absolute Gasteiger partial charge is 0.315 e. The Morgan fingerprint density at radius 1 is 1.19 bits per heavy atom. The predicted octanol–water partition coefficient (Wildman–Crippen LogP) is 3.39. The number of rotatable bonds is 2. The molecule has 1 unspecified atom stereocenters. The number of aliphatic hydroxyl groups excluding tert-OH is 1. The fourth-order valence-electron chi connectivity index (χ4n) is 4.04. The largest absolute Gasteiger partial charge is 0.487 e. The van der Waals surface area contributed by atoms with E-state index in [9.17, 15) is 14.3 Å². The highest BCUT2D eigenvalue weighted by molar-refractivity contribution is 5.75. The average molecular weight is 370 g/mol. The first-order valence-electron chi connectivity index (χ1n) is 9.14. The minimum absolute atomic E-state index is 0.307. The van der Waals surface area contributed by atoms with Crippen molar-refractivity contribution in [2.24, 2.45) is 0 Å². The SMILES string of the molecule is CC1(C)CC(NC(=O)N[C@H]2c3ccccc3C[C@H]2O)c2ccc(F)cc2O1. The van der Waals surface area contributed by atoms with Crippen molar-refractivity contribution < 1.29 is 19.0 Å². The first-order valence-corrected chi connectivity index (χ1v) is 9.14. The molecule has 0 spiro atoms. The second kappa shape index (κ2) is 6.53. The minimum atomic E-state index is -0.652. The van der Waals surface area contributed by atoms with Crippen molar-refractivity contribution in [1.29, 1.82) is 0 Å². The summed E-state index contributed by atoms with van der Waals surface area (Å²) in [5.41, 5.74) is 2.20. The fraction of sp³-hybridized carbons (Fsp3) is 0.381. The summed E-state index contributed by atoms with van der Waals surface area (Å²) >= 11 is 0. The van der Waals surface area contributed by atoms with E-state index in [2.05, 4.69) is 10.6 Å². The van der Waals surface area contributed by atoms with E-state index in [1.54, 1.807) is 6.07 Å². The predicted molar refractivity (Wildman–Crippen MR) is 99.0 cm³/mol. The zero-order valence-electron chi connectivity index (χ0n) is 15.3. The topological polar surface area (TPSA) is 70.6 Å². The van der Waals surface area contributed by atoms with E-state index >= 15 is 0 Å². The van der Waals surface area contributed by atoms with Gasteiger partial charge in [-0.1, -0.05) is 30.3 Å². The third kappa shape index (κ3) is 3.49. The second-order valence-corrected chi connectivity index (χ2v) is 7.87. The highest BCUT2D eigenvalue weighted by Gasteiger charge is 2.36. The maximum absolute atomic E-state index is 13.6. The molecule has 0 radical (unpaired) electrons. The summed E-state index contributed by atoms with van der Waals surface area (Å²) in [6.45, 7) is 3.81. The van der Waals surface area contributed by atoms with Crippen molar-refractivity contribution in [2.75, 3.05) is 0 Å². The van der Waals surface area contributed by atoms with Gasteiger partial charge in [0.25, 0.3) is 0 Å². The number of aliphatic hydroxyl groups is 1. The summed E-state index contributed by atoms with van der Waals surface area (Å²) < 4.78 is 19.4. The first kappa shape index (κ1) is 17.8. The summed E-state index contributed by atoms with van der Waals surface area (Å²) in [6.07, 6.45) is 0.428. The van der Waals surface area contributed by atoms with Crippen molar-refractivity contribution in [3.05, 3.63) is 65.0 Å². The van der Waals surface area contributed by atoms with E-state index in [-0.39, 0.29) is 17.9 Å². The normalized spacial score (nSPS) is 25.1. The Morgan fingerprint density at radius 2 is 1.96 bits per heavy atom. The molecule has 142 valence electrons. The second-order valence-electron chi connectivity index (χ2n) is 7.87. The van der Waals surface area contributed by atoms with Crippen LogP contribution in [-0.4, -0.2) is 22.8 Å². The average Bonchev–Trinajstić information content (AvgIpc) is 2.89. The maximum atomic E-state index is 13.6. The first-order chi connectivity index (χ1) is 12.8. The molecule has 6 heteroatoms. The molecule has 4 rings (SSSR count). The van der Waals surface area contributed by atoms with E-state index < -0.39 is 17.7 Å². The van der Waals surface area contributed by atoms with Gasteiger partial charge in [0.15, 0.2) is 0 Å². The lowest BCUT2D eigenvalue weighted by Gasteiger charge is -2.38. The molecular weight excluding hydrogens is 347 g/mol. The Bertz CT molecular complexity index is 883. The summed E-state index contributed by atoms with van der Waals surface area (Å²) in [7, 11) is 0. The number of hydrogen-bond donors (Lipinski definition) is 3. The molecule has 0 saturated heterocycles. The number of nitrogens with one attached hydrogen (secondary N) is 2.